The summed E-state index contributed by atoms with van der Waals surface area (Å²) in [5, 5.41) is 13.9. The van der Waals surface area contributed by atoms with Gasteiger partial charge in [-0.15, -0.1) is 0 Å². The fourth-order valence-corrected chi connectivity index (χ4v) is 2.52. The average Bonchev–Trinajstić information content (AvgIpc) is 2.33. The zero-order chi connectivity index (χ0) is 12.3. The molecule has 1 fully saturated rings. The monoisotopic (exact) mass is 237 g/mol. The molecule has 1 heterocycles. The van der Waals surface area contributed by atoms with E-state index in [-0.39, 0.29) is 11.9 Å². The number of benzene rings is 1. The molecule has 17 heavy (non-hydrogen) atoms. The zero-order valence-corrected chi connectivity index (χ0v) is 10.2. The van der Waals surface area contributed by atoms with Crippen molar-refractivity contribution < 1.29 is 9.50 Å². The minimum absolute atomic E-state index is 0.140. The van der Waals surface area contributed by atoms with Crippen molar-refractivity contribution in [3.63, 3.8) is 0 Å². The Labute approximate surface area is 102 Å². The summed E-state index contributed by atoms with van der Waals surface area (Å²) in [5.41, 5.74) is 0.210. The third kappa shape index (κ3) is 3.27. The summed E-state index contributed by atoms with van der Waals surface area (Å²) in [6.45, 7) is 2.84. The van der Waals surface area contributed by atoms with Crippen molar-refractivity contribution in [2.24, 2.45) is 0 Å². The van der Waals surface area contributed by atoms with Crippen LogP contribution in [-0.2, 0) is 6.42 Å². The lowest BCUT2D eigenvalue weighted by Gasteiger charge is -2.36. The summed E-state index contributed by atoms with van der Waals surface area (Å²) in [6, 6.07) is 6.51. The number of hydrogen-bond donors (Lipinski definition) is 2. The van der Waals surface area contributed by atoms with Gasteiger partial charge in [-0.1, -0.05) is 18.6 Å². The van der Waals surface area contributed by atoms with Crippen LogP contribution in [0.4, 0.5) is 4.39 Å². The van der Waals surface area contributed by atoms with E-state index in [0.717, 1.165) is 24.9 Å². The molecule has 2 unspecified atom stereocenters. The lowest BCUT2D eigenvalue weighted by Crippen LogP contribution is -2.52. The molecule has 2 nitrogen and oxygen atoms in total. The molecule has 0 spiro atoms. The van der Waals surface area contributed by atoms with Crippen molar-refractivity contribution in [1.82, 2.24) is 5.32 Å². The Morgan fingerprint density at radius 3 is 2.65 bits per heavy atom. The molecule has 3 heteroatoms. The minimum Gasteiger partial charge on any atom is -0.388 e. The molecule has 1 aromatic rings. The van der Waals surface area contributed by atoms with Gasteiger partial charge in [0, 0.05) is 12.5 Å². The second-order valence-corrected chi connectivity index (χ2v) is 5.16. The van der Waals surface area contributed by atoms with Crippen molar-refractivity contribution in [3.05, 3.63) is 35.6 Å². The minimum atomic E-state index is -0.766. The summed E-state index contributed by atoms with van der Waals surface area (Å²) >= 11 is 0. The molecule has 0 radical (unpaired) electrons. The van der Waals surface area contributed by atoms with E-state index in [1.807, 2.05) is 6.92 Å². The normalized spacial score (nSPS) is 24.3. The molecule has 1 saturated heterocycles. The van der Waals surface area contributed by atoms with Crippen molar-refractivity contribution in [2.45, 2.75) is 44.2 Å². The van der Waals surface area contributed by atoms with E-state index in [4.69, 9.17) is 0 Å². The molecule has 2 N–H and O–H groups in total. The predicted molar refractivity (Wildman–Crippen MR) is 66.4 cm³/mol. The fourth-order valence-electron chi connectivity index (χ4n) is 2.52. The van der Waals surface area contributed by atoms with Gasteiger partial charge in [-0.2, -0.15) is 0 Å². The topological polar surface area (TPSA) is 32.3 Å². The van der Waals surface area contributed by atoms with Crippen LogP contribution in [0.5, 0.6) is 0 Å². The summed E-state index contributed by atoms with van der Waals surface area (Å²) < 4.78 is 12.8. The van der Waals surface area contributed by atoms with E-state index in [0.29, 0.717) is 6.42 Å². The summed E-state index contributed by atoms with van der Waals surface area (Å²) in [5.74, 6) is -0.232. The third-order valence-electron chi connectivity index (χ3n) is 3.54. The Balaban J connectivity index is 2.02. The van der Waals surface area contributed by atoms with E-state index >= 15 is 0 Å². The van der Waals surface area contributed by atoms with Gasteiger partial charge in [-0.3, -0.25) is 0 Å². The molecule has 94 valence electrons. The van der Waals surface area contributed by atoms with Crippen LogP contribution in [0.15, 0.2) is 24.3 Å². The van der Waals surface area contributed by atoms with E-state index in [1.54, 1.807) is 12.1 Å². The van der Waals surface area contributed by atoms with Crippen LogP contribution >= 0.6 is 0 Å². The number of piperidine rings is 1. The molecular formula is C14H20FNO. The van der Waals surface area contributed by atoms with E-state index < -0.39 is 5.60 Å². The molecule has 1 aromatic carbocycles. The fraction of sp³-hybridized carbons (Fsp3) is 0.571. The van der Waals surface area contributed by atoms with E-state index in [9.17, 15) is 9.50 Å². The molecule has 1 aliphatic rings. The smallest absolute Gasteiger partial charge is 0.123 e. The number of nitrogens with one attached hydrogen (secondary N) is 1. The van der Waals surface area contributed by atoms with Crippen LogP contribution in [0.1, 0.15) is 31.7 Å². The van der Waals surface area contributed by atoms with Crippen LogP contribution in [0, 0.1) is 5.82 Å². The highest BCUT2D eigenvalue weighted by Crippen LogP contribution is 2.23. The average molecular weight is 237 g/mol. The van der Waals surface area contributed by atoms with E-state index in [1.165, 1.54) is 18.6 Å². The summed E-state index contributed by atoms with van der Waals surface area (Å²) in [7, 11) is 0. The highest BCUT2D eigenvalue weighted by molar-refractivity contribution is 5.18. The molecular weight excluding hydrogens is 217 g/mol. The van der Waals surface area contributed by atoms with Crippen molar-refractivity contribution in [2.75, 3.05) is 6.54 Å². The van der Waals surface area contributed by atoms with Crippen molar-refractivity contribution in [3.8, 4) is 0 Å². The van der Waals surface area contributed by atoms with Gasteiger partial charge in [0.1, 0.15) is 5.82 Å². The largest absolute Gasteiger partial charge is 0.388 e. The first-order valence-electron chi connectivity index (χ1n) is 6.28. The first-order valence-corrected chi connectivity index (χ1v) is 6.28. The Kier molecular flexibility index (Phi) is 3.79. The predicted octanol–water partition coefficient (Wildman–Crippen LogP) is 2.26. The van der Waals surface area contributed by atoms with E-state index in [2.05, 4.69) is 5.32 Å². The Morgan fingerprint density at radius 1 is 1.35 bits per heavy atom. The zero-order valence-electron chi connectivity index (χ0n) is 10.2. The molecule has 0 saturated carbocycles. The van der Waals surface area contributed by atoms with Gasteiger partial charge in [0.15, 0.2) is 0 Å². The molecule has 1 aliphatic heterocycles. The van der Waals surface area contributed by atoms with Crippen LogP contribution in [-0.4, -0.2) is 23.3 Å². The molecule has 0 amide bonds. The van der Waals surface area contributed by atoms with Gasteiger partial charge in [0.25, 0.3) is 0 Å². The Bertz CT molecular complexity index is 355. The summed E-state index contributed by atoms with van der Waals surface area (Å²) in [6.07, 6.45) is 3.92. The number of aliphatic hydroxyl groups is 1. The first kappa shape index (κ1) is 12.5. The van der Waals surface area contributed by atoms with Crippen molar-refractivity contribution >= 4 is 0 Å². The third-order valence-corrected chi connectivity index (χ3v) is 3.54. The van der Waals surface area contributed by atoms with Gasteiger partial charge < -0.3 is 10.4 Å². The second kappa shape index (κ2) is 5.15. The van der Waals surface area contributed by atoms with Crippen molar-refractivity contribution in [1.29, 1.82) is 0 Å². The van der Waals surface area contributed by atoms with Gasteiger partial charge in [-0.05, 0) is 44.0 Å². The molecule has 0 bridgehead atoms. The molecule has 0 aromatic heterocycles. The number of halogens is 1. The number of rotatable bonds is 3. The summed E-state index contributed by atoms with van der Waals surface area (Å²) in [4.78, 5) is 0. The first-order chi connectivity index (χ1) is 8.08. The van der Waals surface area contributed by atoms with Gasteiger partial charge in [0.05, 0.1) is 5.60 Å². The lowest BCUT2D eigenvalue weighted by molar-refractivity contribution is 0.0104. The van der Waals surface area contributed by atoms with Gasteiger partial charge >= 0.3 is 0 Å². The van der Waals surface area contributed by atoms with Gasteiger partial charge in [-0.25, -0.2) is 4.39 Å². The Morgan fingerprint density at radius 2 is 2.06 bits per heavy atom. The van der Waals surface area contributed by atoms with Crippen LogP contribution in [0.2, 0.25) is 0 Å². The number of hydrogen-bond acceptors (Lipinski definition) is 2. The highest BCUT2D eigenvalue weighted by atomic mass is 19.1. The maximum atomic E-state index is 12.8. The van der Waals surface area contributed by atoms with Crippen LogP contribution < -0.4 is 5.32 Å². The maximum absolute atomic E-state index is 12.8. The molecule has 2 atom stereocenters. The molecule has 2 rings (SSSR count). The standard InChI is InChI=1S/C14H20FNO/c1-14(17,13-4-2-3-9-16-13)10-11-5-7-12(15)8-6-11/h5-8,13,16-17H,2-4,9-10H2,1H3. The second-order valence-electron chi connectivity index (χ2n) is 5.16. The van der Waals surface area contributed by atoms with Crippen LogP contribution in [0.3, 0.4) is 0 Å². The maximum Gasteiger partial charge on any atom is 0.123 e. The molecule has 0 aliphatic carbocycles. The van der Waals surface area contributed by atoms with Gasteiger partial charge in [0.2, 0.25) is 0 Å². The quantitative estimate of drug-likeness (QED) is 0.845. The Hall–Kier alpha value is -0.930. The SMILES string of the molecule is CC(O)(Cc1ccc(F)cc1)C1CCCCN1. The van der Waals surface area contributed by atoms with Crippen LogP contribution in [0.25, 0.3) is 0 Å². The lowest BCUT2D eigenvalue weighted by atomic mass is 9.84. The highest BCUT2D eigenvalue weighted by Gasteiger charge is 2.32.